The predicted molar refractivity (Wildman–Crippen MR) is 77.4 cm³/mol. The number of rotatable bonds is 5. The van der Waals surface area contributed by atoms with E-state index in [1.54, 1.807) is 30.3 Å². The Hall–Kier alpha value is -1.96. The molecule has 4 N–H and O–H groups in total. The molecule has 0 fully saturated rings. The molecule has 0 aliphatic carbocycles. The average Bonchev–Trinajstić information content (AvgIpc) is 2.45. The molecular formula is C14H15FN2O3S. The van der Waals surface area contributed by atoms with Crippen molar-refractivity contribution >= 4 is 15.7 Å². The second kappa shape index (κ2) is 6.21. The third-order valence-electron chi connectivity index (χ3n) is 2.95. The number of aliphatic hydroxyl groups excluding tert-OH is 1. The van der Waals surface area contributed by atoms with Crippen LogP contribution >= 0.6 is 0 Å². The van der Waals surface area contributed by atoms with Crippen LogP contribution in [0.3, 0.4) is 0 Å². The molecule has 21 heavy (non-hydrogen) atoms. The molecule has 0 aliphatic heterocycles. The number of benzene rings is 2. The zero-order valence-electron chi connectivity index (χ0n) is 11.0. The van der Waals surface area contributed by atoms with E-state index in [0.29, 0.717) is 5.56 Å². The Morgan fingerprint density at radius 2 is 1.81 bits per heavy atom. The topological polar surface area (TPSA) is 92.4 Å². The minimum atomic E-state index is -4.19. The minimum Gasteiger partial charge on any atom is -0.398 e. The van der Waals surface area contributed by atoms with Crippen LogP contribution < -0.4 is 10.5 Å². The molecule has 112 valence electrons. The van der Waals surface area contributed by atoms with Crippen LogP contribution in [-0.4, -0.2) is 20.1 Å². The van der Waals surface area contributed by atoms with Gasteiger partial charge in [-0.05, 0) is 17.7 Å². The predicted octanol–water partition coefficient (Wildman–Crippen LogP) is 1.42. The summed E-state index contributed by atoms with van der Waals surface area (Å²) >= 11 is 0. The normalized spacial score (nSPS) is 13.0. The first-order valence-corrected chi connectivity index (χ1v) is 7.66. The maximum Gasteiger partial charge on any atom is 0.246 e. The lowest BCUT2D eigenvalue weighted by Gasteiger charge is -2.18. The van der Waals surface area contributed by atoms with Crippen LogP contribution in [0.1, 0.15) is 11.6 Å². The number of hydrogen-bond acceptors (Lipinski definition) is 4. The molecule has 0 saturated heterocycles. The molecule has 0 bridgehead atoms. The fourth-order valence-corrected chi connectivity index (χ4v) is 3.36. The van der Waals surface area contributed by atoms with Crippen LogP contribution in [0.15, 0.2) is 53.4 Å². The second-order valence-electron chi connectivity index (χ2n) is 4.43. The van der Waals surface area contributed by atoms with E-state index in [2.05, 4.69) is 4.72 Å². The Bertz CT molecular complexity index is 700. The van der Waals surface area contributed by atoms with Gasteiger partial charge < -0.3 is 10.8 Å². The van der Waals surface area contributed by atoms with Crippen LogP contribution in [0, 0.1) is 5.82 Å². The van der Waals surface area contributed by atoms with Crippen LogP contribution in [0.4, 0.5) is 10.1 Å². The van der Waals surface area contributed by atoms with E-state index in [0.717, 1.165) is 6.07 Å². The van der Waals surface area contributed by atoms with Gasteiger partial charge in [-0.15, -0.1) is 0 Å². The van der Waals surface area contributed by atoms with Gasteiger partial charge in [0.1, 0.15) is 10.7 Å². The third-order valence-corrected chi connectivity index (χ3v) is 4.51. The molecule has 5 nitrogen and oxygen atoms in total. The van der Waals surface area contributed by atoms with E-state index in [-0.39, 0.29) is 5.69 Å². The number of halogens is 1. The number of anilines is 1. The molecule has 0 aliphatic rings. The summed E-state index contributed by atoms with van der Waals surface area (Å²) in [7, 11) is -4.19. The molecule has 0 heterocycles. The van der Waals surface area contributed by atoms with Gasteiger partial charge in [0.15, 0.2) is 0 Å². The monoisotopic (exact) mass is 310 g/mol. The average molecular weight is 310 g/mol. The molecule has 0 spiro atoms. The van der Waals surface area contributed by atoms with Gasteiger partial charge in [0.05, 0.1) is 18.3 Å². The fraction of sp³-hybridized carbons (Fsp3) is 0.143. The van der Waals surface area contributed by atoms with Crippen molar-refractivity contribution in [3.63, 3.8) is 0 Å². The molecule has 2 rings (SSSR count). The Morgan fingerprint density at radius 3 is 2.38 bits per heavy atom. The van der Waals surface area contributed by atoms with Crippen molar-refractivity contribution in [1.82, 2.24) is 4.72 Å². The first kappa shape index (κ1) is 15.4. The molecule has 0 aromatic heterocycles. The zero-order chi connectivity index (χ0) is 15.5. The summed E-state index contributed by atoms with van der Waals surface area (Å²) in [4.78, 5) is -0.612. The summed E-state index contributed by atoms with van der Waals surface area (Å²) in [5, 5.41) is 9.38. The van der Waals surface area contributed by atoms with Gasteiger partial charge in [0.25, 0.3) is 0 Å². The van der Waals surface area contributed by atoms with E-state index in [1.165, 1.54) is 12.1 Å². The van der Waals surface area contributed by atoms with Crippen molar-refractivity contribution < 1.29 is 17.9 Å². The lowest BCUT2D eigenvalue weighted by atomic mass is 10.1. The van der Waals surface area contributed by atoms with Gasteiger partial charge in [-0.2, -0.15) is 0 Å². The third kappa shape index (κ3) is 3.38. The maximum absolute atomic E-state index is 13.7. The molecule has 0 amide bonds. The highest BCUT2D eigenvalue weighted by Gasteiger charge is 2.26. The minimum absolute atomic E-state index is 0.188. The van der Waals surface area contributed by atoms with Gasteiger partial charge >= 0.3 is 0 Å². The summed E-state index contributed by atoms with van der Waals surface area (Å²) in [6, 6.07) is 11.3. The van der Waals surface area contributed by atoms with E-state index in [1.807, 2.05) is 0 Å². The van der Waals surface area contributed by atoms with Crippen molar-refractivity contribution in [3.05, 3.63) is 59.9 Å². The lowest BCUT2D eigenvalue weighted by Crippen LogP contribution is -2.32. The van der Waals surface area contributed by atoms with Crippen LogP contribution in [0.2, 0.25) is 0 Å². The lowest BCUT2D eigenvalue weighted by molar-refractivity contribution is 0.258. The molecule has 1 atom stereocenters. The van der Waals surface area contributed by atoms with E-state index in [4.69, 9.17) is 5.73 Å². The van der Waals surface area contributed by atoms with Gasteiger partial charge in [-0.25, -0.2) is 17.5 Å². The summed E-state index contributed by atoms with van der Waals surface area (Å²) in [5.74, 6) is -0.938. The highest BCUT2D eigenvalue weighted by atomic mass is 32.2. The summed E-state index contributed by atoms with van der Waals surface area (Å²) in [5.41, 5.74) is 5.92. The van der Waals surface area contributed by atoms with Crippen LogP contribution in [0.5, 0.6) is 0 Å². The van der Waals surface area contributed by atoms with Crippen LogP contribution in [-0.2, 0) is 10.0 Å². The standard InChI is InChI=1S/C14H15FN2O3S/c15-11-7-4-8-12(16)14(11)21(19,20)17-13(9-18)10-5-2-1-3-6-10/h1-8,13,17-18H,9,16H2/t13-/m1/s1. The number of nitrogen functional groups attached to an aromatic ring is 1. The number of aliphatic hydroxyl groups is 1. The Balaban J connectivity index is 2.37. The number of hydrogen-bond donors (Lipinski definition) is 3. The summed E-state index contributed by atoms with van der Waals surface area (Å²) in [6.45, 7) is -0.461. The second-order valence-corrected chi connectivity index (χ2v) is 6.08. The summed E-state index contributed by atoms with van der Waals surface area (Å²) in [6.07, 6.45) is 0. The molecular weight excluding hydrogens is 295 g/mol. The molecule has 0 unspecified atom stereocenters. The van der Waals surface area contributed by atoms with Gasteiger partial charge in [-0.3, -0.25) is 0 Å². The number of nitrogens with one attached hydrogen (secondary N) is 1. The molecule has 7 heteroatoms. The number of sulfonamides is 1. The molecule has 2 aromatic rings. The Labute approximate surface area is 122 Å². The number of nitrogens with two attached hydrogens (primary N) is 1. The largest absolute Gasteiger partial charge is 0.398 e. The van der Waals surface area contributed by atoms with Crippen molar-refractivity contribution in [2.24, 2.45) is 0 Å². The van der Waals surface area contributed by atoms with Crippen molar-refractivity contribution in [1.29, 1.82) is 0 Å². The van der Waals surface area contributed by atoms with Crippen molar-refractivity contribution in [2.45, 2.75) is 10.9 Å². The van der Waals surface area contributed by atoms with E-state index >= 15 is 0 Å². The van der Waals surface area contributed by atoms with Crippen molar-refractivity contribution in [2.75, 3.05) is 12.3 Å². The summed E-state index contributed by atoms with van der Waals surface area (Å²) < 4.78 is 40.5. The first-order valence-electron chi connectivity index (χ1n) is 6.18. The zero-order valence-corrected chi connectivity index (χ0v) is 11.8. The Kier molecular flexibility index (Phi) is 4.56. The Morgan fingerprint density at radius 1 is 1.14 bits per heavy atom. The van der Waals surface area contributed by atoms with Gasteiger partial charge in [-0.1, -0.05) is 36.4 Å². The van der Waals surface area contributed by atoms with Gasteiger partial charge in [0.2, 0.25) is 10.0 Å². The maximum atomic E-state index is 13.7. The van der Waals surface area contributed by atoms with Crippen molar-refractivity contribution in [3.8, 4) is 0 Å². The first-order chi connectivity index (χ1) is 9.95. The molecule has 0 saturated carbocycles. The van der Waals surface area contributed by atoms with Gasteiger partial charge in [0, 0.05) is 0 Å². The highest BCUT2D eigenvalue weighted by molar-refractivity contribution is 7.89. The molecule has 2 aromatic carbocycles. The SMILES string of the molecule is Nc1cccc(F)c1S(=O)(=O)N[C@H](CO)c1ccccc1. The van der Waals surface area contributed by atoms with Crippen LogP contribution in [0.25, 0.3) is 0 Å². The quantitative estimate of drug-likeness (QED) is 0.728. The fourth-order valence-electron chi connectivity index (χ4n) is 1.95. The highest BCUT2D eigenvalue weighted by Crippen LogP contribution is 2.24. The van der Waals surface area contributed by atoms with E-state index in [9.17, 15) is 17.9 Å². The smallest absolute Gasteiger partial charge is 0.246 e. The van der Waals surface area contributed by atoms with E-state index < -0.39 is 33.4 Å². The molecule has 0 radical (unpaired) electrons.